The van der Waals surface area contributed by atoms with Crippen LogP contribution in [0, 0.1) is 10.1 Å². The Morgan fingerprint density at radius 2 is 2.25 bits per heavy atom. The van der Waals surface area contributed by atoms with Gasteiger partial charge in [0.15, 0.2) is 0 Å². The fourth-order valence-electron chi connectivity index (χ4n) is 2.06. The third-order valence-electron chi connectivity index (χ3n) is 3.03. The second-order valence-corrected chi connectivity index (χ2v) is 6.48. The number of nitrogens with zero attached hydrogens (tertiary/aromatic N) is 1. The molecule has 1 N–H and O–H groups in total. The Balaban J connectivity index is 1.96. The van der Waals surface area contributed by atoms with Crippen LogP contribution < -0.4 is 4.72 Å². The van der Waals surface area contributed by atoms with Crippen molar-refractivity contribution < 1.29 is 18.1 Å². The van der Waals surface area contributed by atoms with Crippen LogP contribution in [0.5, 0.6) is 0 Å². The molecule has 1 atom stereocenters. The zero-order valence-electron chi connectivity index (χ0n) is 10.8. The highest BCUT2D eigenvalue weighted by molar-refractivity contribution is 7.88. The maximum atomic E-state index is 11.9. The molecule has 1 unspecified atom stereocenters. The largest absolute Gasteiger partial charge is 0.377 e. The molecule has 20 heavy (non-hydrogen) atoms. The average Bonchev–Trinajstić information content (AvgIpc) is 2.89. The number of nitro benzene ring substituents is 1. The van der Waals surface area contributed by atoms with Crippen molar-refractivity contribution in [3.8, 4) is 0 Å². The number of non-ortho nitro benzene ring substituents is 1. The molecule has 0 bridgehead atoms. The summed E-state index contributed by atoms with van der Waals surface area (Å²) in [5, 5.41) is 10.6. The first-order valence-electron chi connectivity index (χ1n) is 6.28. The van der Waals surface area contributed by atoms with Gasteiger partial charge in [-0.05, 0) is 18.4 Å². The Bertz CT molecular complexity index is 581. The lowest BCUT2D eigenvalue weighted by Gasteiger charge is -2.11. The summed E-state index contributed by atoms with van der Waals surface area (Å²) in [5.74, 6) is -0.276. The lowest BCUT2D eigenvalue weighted by Crippen LogP contribution is -2.32. The van der Waals surface area contributed by atoms with Gasteiger partial charge in [0.05, 0.1) is 16.8 Å². The maximum Gasteiger partial charge on any atom is 0.269 e. The smallest absolute Gasteiger partial charge is 0.269 e. The number of hydrogen-bond donors (Lipinski definition) is 1. The Kier molecular flexibility index (Phi) is 4.69. The molecule has 110 valence electrons. The molecule has 0 aliphatic carbocycles. The highest BCUT2D eigenvalue weighted by Gasteiger charge is 2.19. The molecule has 1 fully saturated rings. The second kappa shape index (κ2) is 6.29. The molecule has 0 radical (unpaired) electrons. The summed E-state index contributed by atoms with van der Waals surface area (Å²) in [6.45, 7) is 0.911. The lowest BCUT2D eigenvalue weighted by molar-refractivity contribution is -0.384. The zero-order chi connectivity index (χ0) is 14.6. The quantitative estimate of drug-likeness (QED) is 0.628. The molecular formula is C12H16N2O5S. The minimum absolute atomic E-state index is 0.0742. The summed E-state index contributed by atoms with van der Waals surface area (Å²) in [6, 6.07) is 5.63. The van der Waals surface area contributed by atoms with Crippen molar-refractivity contribution in [1.82, 2.24) is 4.72 Å². The summed E-state index contributed by atoms with van der Waals surface area (Å²) in [6.07, 6.45) is 1.71. The molecule has 1 aromatic rings. The van der Waals surface area contributed by atoms with Gasteiger partial charge in [0, 0.05) is 25.3 Å². The van der Waals surface area contributed by atoms with E-state index in [-0.39, 0.29) is 24.1 Å². The molecule has 2 rings (SSSR count). The number of nitrogens with one attached hydrogen (secondary N) is 1. The number of rotatable bonds is 6. The van der Waals surface area contributed by atoms with Crippen LogP contribution in [-0.2, 0) is 20.5 Å². The molecule has 0 amide bonds. The van der Waals surface area contributed by atoms with E-state index in [1.54, 1.807) is 6.07 Å². The molecule has 7 nitrogen and oxygen atoms in total. The van der Waals surface area contributed by atoms with E-state index in [0.717, 1.165) is 12.8 Å². The van der Waals surface area contributed by atoms with Gasteiger partial charge in [-0.3, -0.25) is 10.1 Å². The van der Waals surface area contributed by atoms with E-state index in [0.29, 0.717) is 12.2 Å². The molecule has 1 aliphatic rings. The van der Waals surface area contributed by atoms with E-state index in [1.807, 2.05) is 0 Å². The van der Waals surface area contributed by atoms with Gasteiger partial charge >= 0.3 is 0 Å². The van der Waals surface area contributed by atoms with Crippen LogP contribution in [0.4, 0.5) is 5.69 Å². The van der Waals surface area contributed by atoms with E-state index in [9.17, 15) is 18.5 Å². The summed E-state index contributed by atoms with van der Waals surface area (Å²) in [4.78, 5) is 10.1. The molecule has 1 aliphatic heterocycles. The normalized spacial score (nSPS) is 19.1. The summed E-state index contributed by atoms with van der Waals surface area (Å²) in [7, 11) is -3.52. The third-order valence-corrected chi connectivity index (χ3v) is 4.35. The molecule has 0 aromatic heterocycles. The fourth-order valence-corrected chi connectivity index (χ4v) is 3.22. The van der Waals surface area contributed by atoms with Crippen molar-refractivity contribution in [2.75, 3.05) is 13.2 Å². The van der Waals surface area contributed by atoms with Gasteiger partial charge in [-0.2, -0.15) is 0 Å². The van der Waals surface area contributed by atoms with Gasteiger partial charge in [0.25, 0.3) is 5.69 Å². The van der Waals surface area contributed by atoms with Crippen molar-refractivity contribution in [3.05, 3.63) is 39.9 Å². The molecule has 0 saturated carbocycles. The number of nitro groups is 1. The first-order valence-corrected chi connectivity index (χ1v) is 7.94. The van der Waals surface area contributed by atoms with Crippen LogP contribution in [0.3, 0.4) is 0 Å². The standard InChI is InChI=1S/C12H16N2O5S/c15-14(16)11-4-1-3-10(7-11)9-20(17,18)13-8-12-5-2-6-19-12/h1,3-4,7,12-13H,2,5-6,8-9H2. The van der Waals surface area contributed by atoms with Crippen LogP contribution in [0.2, 0.25) is 0 Å². The van der Waals surface area contributed by atoms with Gasteiger partial charge < -0.3 is 4.74 Å². The Morgan fingerprint density at radius 1 is 1.45 bits per heavy atom. The minimum Gasteiger partial charge on any atom is -0.377 e. The molecule has 0 spiro atoms. The highest BCUT2D eigenvalue weighted by atomic mass is 32.2. The van der Waals surface area contributed by atoms with Crippen molar-refractivity contribution >= 4 is 15.7 Å². The molecule has 1 saturated heterocycles. The zero-order valence-corrected chi connectivity index (χ0v) is 11.6. The Labute approximate surface area is 117 Å². The topological polar surface area (TPSA) is 98.5 Å². The Morgan fingerprint density at radius 3 is 2.90 bits per heavy atom. The van der Waals surface area contributed by atoms with Gasteiger partial charge in [-0.25, -0.2) is 13.1 Å². The molecule has 1 heterocycles. The third kappa shape index (κ3) is 4.26. The van der Waals surface area contributed by atoms with Crippen molar-refractivity contribution in [3.63, 3.8) is 0 Å². The van der Waals surface area contributed by atoms with E-state index in [2.05, 4.69) is 4.72 Å². The molecule has 1 aromatic carbocycles. The first-order chi connectivity index (χ1) is 9.46. The minimum atomic E-state index is -3.52. The van der Waals surface area contributed by atoms with E-state index in [1.165, 1.54) is 18.2 Å². The predicted octanol–water partition coefficient (Wildman–Crippen LogP) is 1.19. The maximum absolute atomic E-state index is 11.9. The summed E-state index contributed by atoms with van der Waals surface area (Å²) >= 11 is 0. The van der Waals surface area contributed by atoms with Gasteiger partial charge in [0.1, 0.15) is 0 Å². The number of sulfonamides is 1. The van der Waals surface area contributed by atoms with E-state index < -0.39 is 14.9 Å². The SMILES string of the molecule is O=[N+]([O-])c1cccc(CS(=O)(=O)NCC2CCCO2)c1. The van der Waals surface area contributed by atoms with Crippen LogP contribution in [-0.4, -0.2) is 32.6 Å². The fraction of sp³-hybridized carbons (Fsp3) is 0.500. The van der Waals surface area contributed by atoms with E-state index >= 15 is 0 Å². The Hall–Kier alpha value is -1.51. The summed E-state index contributed by atoms with van der Waals surface area (Å²) in [5.41, 5.74) is 0.274. The number of ether oxygens (including phenoxy) is 1. The molecule has 8 heteroatoms. The van der Waals surface area contributed by atoms with Gasteiger partial charge in [-0.1, -0.05) is 12.1 Å². The van der Waals surface area contributed by atoms with Crippen molar-refractivity contribution in [1.29, 1.82) is 0 Å². The average molecular weight is 300 g/mol. The molecular weight excluding hydrogens is 284 g/mol. The van der Waals surface area contributed by atoms with Crippen LogP contribution >= 0.6 is 0 Å². The van der Waals surface area contributed by atoms with Crippen molar-refractivity contribution in [2.24, 2.45) is 0 Å². The van der Waals surface area contributed by atoms with Gasteiger partial charge in [0.2, 0.25) is 10.0 Å². The lowest BCUT2D eigenvalue weighted by atomic mass is 10.2. The van der Waals surface area contributed by atoms with Crippen LogP contribution in [0.1, 0.15) is 18.4 Å². The van der Waals surface area contributed by atoms with Crippen LogP contribution in [0.25, 0.3) is 0 Å². The monoisotopic (exact) mass is 300 g/mol. The summed E-state index contributed by atoms with van der Waals surface area (Å²) < 4.78 is 31.6. The predicted molar refractivity (Wildman–Crippen MR) is 72.7 cm³/mol. The number of benzene rings is 1. The van der Waals surface area contributed by atoms with Crippen LogP contribution in [0.15, 0.2) is 24.3 Å². The highest BCUT2D eigenvalue weighted by Crippen LogP contribution is 2.15. The van der Waals surface area contributed by atoms with Gasteiger partial charge in [-0.15, -0.1) is 0 Å². The van der Waals surface area contributed by atoms with Crippen molar-refractivity contribution in [2.45, 2.75) is 24.7 Å². The van der Waals surface area contributed by atoms with E-state index in [4.69, 9.17) is 4.74 Å². The number of hydrogen-bond acceptors (Lipinski definition) is 5. The second-order valence-electron chi connectivity index (χ2n) is 4.67. The first kappa shape index (κ1) is 14.9.